The zero-order valence-electron chi connectivity index (χ0n) is 9.13. The predicted octanol–water partition coefficient (Wildman–Crippen LogP) is 3.19. The molecular formula is C12H8FN3OS. The molecule has 6 heteroatoms. The predicted molar refractivity (Wildman–Crippen MR) is 67.4 cm³/mol. The van der Waals surface area contributed by atoms with Crippen molar-refractivity contribution < 1.29 is 8.91 Å². The SMILES string of the molecule is Nc1cccc(F)c1-c1nc(-c2cccs2)no1. The van der Waals surface area contributed by atoms with Crippen molar-refractivity contribution in [1.29, 1.82) is 0 Å². The van der Waals surface area contributed by atoms with Gasteiger partial charge in [0.2, 0.25) is 5.82 Å². The van der Waals surface area contributed by atoms with Gasteiger partial charge in [0.25, 0.3) is 5.89 Å². The highest BCUT2D eigenvalue weighted by molar-refractivity contribution is 7.13. The van der Waals surface area contributed by atoms with Gasteiger partial charge in [-0.2, -0.15) is 4.98 Å². The third-order valence-corrected chi connectivity index (χ3v) is 3.29. The van der Waals surface area contributed by atoms with Crippen LogP contribution in [0.4, 0.5) is 10.1 Å². The quantitative estimate of drug-likeness (QED) is 0.719. The molecule has 0 amide bonds. The van der Waals surface area contributed by atoms with Crippen LogP contribution in [-0.4, -0.2) is 10.1 Å². The van der Waals surface area contributed by atoms with Crippen LogP contribution in [0, 0.1) is 5.82 Å². The van der Waals surface area contributed by atoms with Crippen LogP contribution in [0.2, 0.25) is 0 Å². The summed E-state index contributed by atoms with van der Waals surface area (Å²) in [6.45, 7) is 0. The average Bonchev–Trinajstić information content (AvgIpc) is 2.99. The highest BCUT2D eigenvalue weighted by Crippen LogP contribution is 2.30. The molecule has 0 unspecified atom stereocenters. The lowest BCUT2D eigenvalue weighted by atomic mass is 10.1. The molecule has 0 radical (unpaired) electrons. The van der Waals surface area contributed by atoms with Crippen LogP contribution in [0.5, 0.6) is 0 Å². The van der Waals surface area contributed by atoms with E-state index in [2.05, 4.69) is 10.1 Å². The minimum atomic E-state index is -0.476. The molecule has 2 N–H and O–H groups in total. The molecular weight excluding hydrogens is 253 g/mol. The number of rotatable bonds is 2. The summed E-state index contributed by atoms with van der Waals surface area (Å²) in [5.74, 6) is 0.0491. The number of nitrogens with zero attached hydrogens (tertiary/aromatic N) is 2. The van der Waals surface area contributed by atoms with E-state index in [1.54, 1.807) is 6.07 Å². The van der Waals surface area contributed by atoms with Crippen LogP contribution in [0.25, 0.3) is 22.2 Å². The van der Waals surface area contributed by atoms with Crippen molar-refractivity contribution >= 4 is 17.0 Å². The Bertz CT molecular complexity index is 658. The summed E-state index contributed by atoms with van der Waals surface area (Å²) in [7, 11) is 0. The van der Waals surface area contributed by atoms with Crippen molar-refractivity contribution in [2.24, 2.45) is 0 Å². The summed E-state index contributed by atoms with van der Waals surface area (Å²) in [5.41, 5.74) is 6.14. The normalized spacial score (nSPS) is 10.7. The highest BCUT2D eigenvalue weighted by Gasteiger charge is 2.17. The second kappa shape index (κ2) is 4.23. The maximum atomic E-state index is 13.7. The monoisotopic (exact) mass is 261 g/mol. The van der Waals surface area contributed by atoms with E-state index in [1.807, 2.05) is 17.5 Å². The first-order valence-electron chi connectivity index (χ1n) is 5.17. The van der Waals surface area contributed by atoms with E-state index in [0.717, 1.165) is 4.88 Å². The van der Waals surface area contributed by atoms with Gasteiger partial charge in [-0.1, -0.05) is 17.3 Å². The van der Waals surface area contributed by atoms with Crippen LogP contribution in [0.3, 0.4) is 0 Å². The topological polar surface area (TPSA) is 64.9 Å². The first kappa shape index (κ1) is 10.9. The van der Waals surface area contributed by atoms with Gasteiger partial charge in [0.05, 0.1) is 10.4 Å². The first-order valence-corrected chi connectivity index (χ1v) is 6.05. The van der Waals surface area contributed by atoms with Gasteiger partial charge in [0.15, 0.2) is 0 Å². The van der Waals surface area contributed by atoms with Gasteiger partial charge in [-0.15, -0.1) is 11.3 Å². The average molecular weight is 261 g/mol. The molecule has 1 aromatic carbocycles. The minimum Gasteiger partial charge on any atom is -0.398 e. The third-order valence-electron chi connectivity index (χ3n) is 2.43. The van der Waals surface area contributed by atoms with Crippen molar-refractivity contribution in [3.8, 4) is 22.2 Å². The number of hydrogen-bond acceptors (Lipinski definition) is 5. The molecule has 0 atom stereocenters. The van der Waals surface area contributed by atoms with E-state index in [-0.39, 0.29) is 17.1 Å². The largest absolute Gasteiger partial charge is 0.398 e. The van der Waals surface area contributed by atoms with E-state index in [1.165, 1.54) is 23.5 Å². The Morgan fingerprint density at radius 2 is 2.11 bits per heavy atom. The van der Waals surface area contributed by atoms with Crippen LogP contribution in [0.15, 0.2) is 40.2 Å². The summed E-state index contributed by atoms with van der Waals surface area (Å²) < 4.78 is 18.7. The Morgan fingerprint density at radius 1 is 1.22 bits per heavy atom. The van der Waals surface area contributed by atoms with Gasteiger partial charge in [0.1, 0.15) is 5.82 Å². The lowest BCUT2D eigenvalue weighted by Gasteiger charge is -2.00. The maximum Gasteiger partial charge on any atom is 0.263 e. The standard InChI is InChI=1S/C12H8FN3OS/c13-7-3-1-4-8(14)10(7)12-15-11(16-17-12)9-5-2-6-18-9/h1-6H,14H2. The van der Waals surface area contributed by atoms with Crippen molar-refractivity contribution in [2.75, 3.05) is 5.73 Å². The van der Waals surface area contributed by atoms with Gasteiger partial charge >= 0.3 is 0 Å². The second-order valence-corrected chi connectivity index (χ2v) is 4.55. The van der Waals surface area contributed by atoms with E-state index < -0.39 is 5.82 Å². The van der Waals surface area contributed by atoms with Gasteiger partial charge in [0, 0.05) is 5.69 Å². The fourth-order valence-corrected chi connectivity index (χ4v) is 2.25. The van der Waals surface area contributed by atoms with Crippen molar-refractivity contribution in [2.45, 2.75) is 0 Å². The molecule has 0 fully saturated rings. The molecule has 0 saturated carbocycles. The molecule has 0 spiro atoms. The van der Waals surface area contributed by atoms with Crippen LogP contribution >= 0.6 is 11.3 Å². The van der Waals surface area contributed by atoms with E-state index in [0.29, 0.717) is 5.82 Å². The first-order chi connectivity index (χ1) is 8.75. The van der Waals surface area contributed by atoms with Gasteiger partial charge in [-0.3, -0.25) is 0 Å². The molecule has 3 rings (SSSR count). The molecule has 4 nitrogen and oxygen atoms in total. The number of aromatic nitrogens is 2. The maximum absolute atomic E-state index is 13.7. The molecule has 0 bridgehead atoms. The van der Waals surface area contributed by atoms with Crippen LogP contribution < -0.4 is 5.73 Å². The fraction of sp³-hybridized carbons (Fsp3) is 0. The van der Waals surface area contributed by atoms with Crippen molar-refractivity contribution in [3.63, 3.8) is 0 Å². The Morgan fingerprint density at radius 3 is 2.83 bits per heavy atom. The molecule has 0 aliphatic rings. The summed E-state index contributed by atoms with van der Waals surface area (Å²) in [5, 5.41) is 5.72. The number of nitrogen functional groups attached to an aromatic ring is 1. The number of halogens is 1. The minimum absolute atomic E-state index is 0.0917. The zero-order chi connectivity index (χ0) is 12.5. The van der Waals surface area contributed by atoms with Crippen molar-refractivity contribution in [1.82, 2.24) is 10.1 Å². The number of anilines is 1. The smallest absolute Gasteiger partial charge is 0.263 e. The summed E-state index contributed by atoms with van der Waals surface area (Å²) in [6.07, 6.45) is 0. The number of nitrogens with two attached hydrogens (primary N) is 1. The van der Waals surface area contributed by atoms with Gasteiger partial charge in [-0.25, -0.2) is 4.39 Å². The highest BCUT2D eigenvalue weighted by atomic mass is 32.1. The summed E-state index contributed by atoms with van der Waals surface area (Å²) >= 11 is 1.48. The van der Waals surface area contributed by atoms with Gasteiger partial charge < -0.3 is 10.3 Å². The molecule has 0 aliphatic heterocycles. The van der Waals surface area contributed by atoms with E-state index in [4.69, 9.17) is 10.3 Å². The Hall–Kier alpha value is -2.21. The number of benzene rings is 1. The van der Waals surface area contributed by atoms with Crippen molar-refractivity contribution in [3.05, 3.63) is 41.5 Å². The van der Waals surface area contributed by atoms with Crippen LogP contribution in [-0.2, 0) is 0 Å². The van der Waals surface area contributed by atoms with E-state index in [9.17, 15) is 4.39 Å². The Kier molecular flexibility index (Phi) is 2.56. The molecule has 90 valence electrons. The molecule has 0 aliphatic carbocycles. The molecule has 2 aromatic heterocycles. The Balaban J connectivity index is 2.09. The van der Waals surface area contributed by atoms with E-state index >= 15 is 0 Å². The number of thiophene rings is 1. The number of hydrogen-bond donors (Lipinski definition) is 1. The molecule has 0 saturated heterocycles. The molecule has 18 heavy (non-hydrogen) atoms. The Labute approximate surface area is 106 Å². The second-order valence-electron chi connectivity index (χ2n) is 3.60. The molecule has 2 heterocycles. The van der Waals surface area contributed by atoms with Gasteiger partial charge in [-0.05, 0) is 23.6 Å². The fourth-order valence-electron chi connectivity index (χ4n) is 1.60. The zero-order valence-corrected chi connectivity index (χ0v) is 9.95. The molecule has 3 aromatic rings. The lowest BCUT2D eigenvalue weighted by Crippen LogP contribution is -1.93. The summed E-state index contributed by atoms with van der Waals surface area (Å²) in [6, 6.07) is 8.18. The lowest BCUT2D eigenvalue weighted by molar-refractivity contribution is 0.430. The third kappa shape index (κ3) is 1.76. The summed E-state index contributed by atoms with van der Waals surface area (Å²) in [4.78, 5) is 5.02. The van der Waals surface area contributed by atoms with Crippen LogP contribution in [0.1, 0.15) is 0 Å².